The van der Waals surface area contributed by atoms with Crippen LogP contribution >= 0.6 is 0 Å². The van der Waals surface area contributed by atoms with Gasteiger partial charge in [-0.25, -0.2) is 18.1 Å². The number of hydrogen-bond donors (Lipinski definition) is 2. The molecule has 0 aliphatic carbocycles. The van der Waals surface area contributed by atoms with Crippen LogP contribution in [0.5, 0.6) is 0 Å². The fraction of sp³-hybridized carbons (Fsp3) is 0.455. The number of nitriles is 1. The third-order valence-corrected chi connectivity index (χ3v) is 3.89. The van der Waals surface area contributed by atoms with Gasteiger partial charge in [-0.05, 0) is 18.6 Å². The van der Waals surface area contributed by atoms with Crippen LogP contribution in [0.3, 0.4) is 0 Å². The third kappa shape index (κ3) is 4.25. The minimum Gasteiger partial charge on any atom is -0.396 e. The number of sulfonamides is 1. The van der Waals surface area contributed by atoms with E-state index in [1.54, 1.807) is 6.07 Å². The first-order valence-corrected chi connectivity index (χ1v) is 7.00. The number of aromatic nitrogens is 1. The standard InChI is InChI=1S/C11H15N3O4S/c1-18-8-9(4-6-15)14-19(16,17)11-3-2-5-13-10(11)7-12/h2-3,5,9,14-15H,4,6,8H2,1H3. The summed E-state index contributed by atoms with van der Waals surface area (Å²) in [5.41, 5.74) is -0.171. The molecule has 1 heterocycles. The molecule has 1 aromatic rings. The zero-order chi connectivity index (χ0) is 14.3. The smallest absolute Gasteiger partial charge is 0.243 e. The molecule has 7 nitrogen and oxygen atoms in total. The highest BCUT2D eigenvalue weighted by atomic mass is 32.2. The molecule has 0 spiro atoms. The average molecular weight is 285 g/mol. The first-order valence-electron chi connectivity index (χ1n) is 5.52. The Hall–Kier alpha value is -1.53. The van der Waals surface area contributed by atoms with Crippen LogP contribution in [0.2, 0.25) is 0 Å². The summed E-state index contributed by atoms with van der Waals surface area (Å²) in [5, 5.41) is 17.7. The van der Waals surface area contributed by atoms with Gasteiger partial charge in [-0.1, -0.05) is 0 Å². The zero-order valence-corrected chi connectivity index (χ0v) is 11.2. The zero-order valence-electron chi connectivity index (χ0n) is 10.4. The molecule has 19 heavy (non-hydrogen) atoms. The van der Waals surface area contributed by atoms with Gasteiger partial charge in [0.2, 0.25) is 10.0 Å². The van der Waals surface area contributed by atoms with E-state index in [0.29, 0.717) is 0 Å². The highest BCUT2D eigenvalue weighted by Crippen LogP contribution is 2.13. The third-order valence-electron chi connectivity index (χ3n) is 2.33. The van der Waals surface area contributed by atoms with Gasteiger partial charge in [0.25, 0.3) is 0 Å². The molecule has 0 amide bonds. The van der Waals surface area contributed by atoms with Gasteiger partial charge < -0.3 is 9.84 Å². The van der Waals surface area contributed by atoms with Crippen molar-refractivity contribution in [1.82, 2.24) is 9.71 Å². The molecule has 1 aromatic heterocycles. The van der Waals surface area contributed by atoms with Gasteiger partial charge >= 0.3 is 0 Å². The van der Waals surface area contributed by atoms with E-state index in [4.69, 9.17) is 15.1 Å². The number of aliphatic hydroxyl groups is 1. The highest BCUT2D eigenvalue weighted by Gasteiger charge is 2.23. The molecule has 0 bridgehead atoms. The number of nitrogens with zero attached hydrogens (tertiary/aromatic N) is 2. The molecule has 1 atom stereocenters. The van der Waals surface area contributed by atoms with Crippen LogP contribution in [0.25, 0.3) is 0 Å². The molecule has 0 saturated carbocycles. The first-order chi connectivity index (χ1) is 9.05. The lowest BCUT2D eigenvalue weighted by Crippen LogP contribution is -2.39. The highest BCUT2D eigenvalue weighted by molar-refractivity contribution is 7.89. The van der Waals surface area contributed by atoms with E-state index < -0.39 is 16.1 Å². The number of pyridine rings is 1. The average Bonchev–Trinajstić information content (AvgIpc) is 2.39. The first kappa shape index (κ1) is 15.5. The van der Waals surface area contributed by atoms with Crippen molar-refractivity contribution >= 4 is 10.0 Å². The maximum atomic E-state index is 12.1. The Morgan fingerprint density at radius 1 is 1.63 bits per heavy atom. The Labute approximate surface area is 111 Å². The summed E-state index contributed by atoms with van der Waals surface area (Å²) < 4.78 is 31.5. The molecule has 1 unspecified atom stereocenters. The summed E-state index contributed by atoms with van der Waals surface area (Å²) in [7, 11) is -2.44. The van der Waals surface area contributed by atoms with E-state index in [9.17, 15) is 8.42 Å². The second-order valence-corrected chi connectivity index (χ2v) is 5.43. The molecule has 2 N–H and O–H groups in total. The van der Waals surface area contributed by atoms with Crippen molar-refractivity contribution in [1.29, 1.82) is 5.26 Å². The number of methoxy groups -OCH3 is 1. The van der Waals surface area contributed by atoms with Crippen molar-refractivity contribution in [3.63, 3.8) is 0 Å². The molecule has 1 rings (SSSR count). The maximum absolute atomic E-state index is 12.1. The monoisotopic (exact) mass is 285 g/mol. The van der Waals surface area contributed by atoms with Gasteiger partial charge in [0.15, 0.2) is 5.69 Å². The quantitative estimate of drug-likeness (QED) is 0.706. The van der Waals surface area contributed by atoms with Gasteiger partial charge in [0, 0.05) is 26.0 Å². The number of hydrogen-bond acceptors (Lipinski definition) is 6. The molecule has 0 fully saturated rings. The predicted molar refractivity (Wildman–Crippen MR) is 66.6 cm³/mol. The Morgan fingerprint density at radius 3 is 2.95 bits per heavy atom. The van der Waals surface area contributed by atoms with Crippen LogP contribution < -0.4 is 4.72 Å². The van der Waals surface area contributed by atoms with Gasteiger partial charge in [-0.15, -0.1) is 0 Å². The van der Waals surface area contributed by atoms with Crippen LogP contribution in [0.1, 0.15) is 12.1 Å². The van der Waals surface area contributed by atoms with Crippen LogP contribution in [0.15, 0.2) is 23.2 Å². The van der Waals surface area contributed by atoms with Crippen LogP contribution in [0, 0.1) is 11.3 Å². The predicted octanol–water partition coefficient (Wildman–Crippen LogP) is -0.371. The van der Waals surface area contributed by atoms with Crippen LogP contribution in [0.4, 0.5) is 0 Å². The number of ether oxygens (including phenoxy) is 1. The second kappa shape index (κ2) is 7.16. The van der Waals surface area contributed by atoms with Gasteiger partial charge in [-0.2, -0.15) is 5.26 Å². The largest absolute Gasteiger partial charge is 0.396 e. The van der Waals surface area contributed by atoms with Crippen LogP contribution in [-0.2, 0) is 14.8 Å². The molecule has 0 aliphatic heterocycles. The van der Waals surface area contributed by atoms with Gasteiger partial charge in [0.05, 0.1) is 6.61 Å². The number of nitrogens with one attached hydrogen (secondary N) is 1. The van der Waals surface area contributed by atoms with Crippen molar-refractivity contribution in [2.75, 3.05) is 20.3 Å². The Balaban J connectivity index is 3.00. The molecule has 0 saturated heterocycles. The number of aliphatic hydroxyl groups excluding tert-OH is 1. The minimum atomic E-state index is -3.87. The Kier molecular flexibility index (Phi) is 5.85. The molecule has 8 heteroatoms. The fourth-order valence-corrected chi connectivity index (χ4v) is 2.87. The summed E-state index contributed by atoms with van der Waals surface area (Å²) in [4.78, 5) is 3.52. The SMILES string of the molecule is COCC(CCO)NS(=O)(=O)c1cccnc1C#N. The Morgan fingerprint density at radius 2 is 2.37 bits per heavy atom. The van der Waals surface area contributed by atoms with Crippen molar-refractivity contribution in [2.45, 2.75) is 17.4 Å². The van der Waals surface area contributed by atoms with Crippen molar-refractivity contribution in [2.24, 2.45) is 0 Å². The normalized spacial score (nSPS) is 12.9. The van der Waals surface area contributed by atoms with Crippen LogP contribution in [-0.4, -0.2) is 44.9 Å². The van der Waals surface area contributed by atoms with E-state index >= 15 is 0 Å². The van der Waals surface area contributed by atoms with Crippen molar-refractivity contribution in [3.05, 3.63) is 24.0 Å². The lowest BCUT2D eigenvalue weighted by molar-refractivity contribution is 0.158. The second-order valence-electron chi connectivity index (χ2n) is 3.75. The fourth-order valence-electron chi connectivity index (χ4n) is 1.51. The Bertz CT molecular complexity index is 547. The molecule has 0 radical (unpaired) electrons. The van der Waals surface area contributed by atoms with E-state index in [0.717, 1.165) is 0 Å². The van der Waals surface area contributed by atoms with E-state index in [2.05, 4.69) is 9.71 Å². The molecule has 104 valence electrons. The summed E-state index contributed by atoms with van der Waals surface area (Å²) in [6.07, 6.45) is 1.56. The lowest BCUT2D eigenvalue weighted by Gasteiger charge is -2.17. The lowest BCUT2D eigenvalue weighted by atomic mass is 10.2. The number of rotatable bonds is 7. The van der Waals surface area contributed by atoms with E-state index in [-0.39, 0.29) is 30.2 Å². The molecular formula is C11H15N3O4S. The summed E-state index contributed by atoms with van der Waals surface area (Å²) >= 11 is 0. The topological polar surface area (TPSA) is 112 Å². The van der Waals surface area contributed by atoms with Crippen molar-refractivity contribution < 1.29 is 18.3 Å². The van der Waals surface area contributed by atoms with E-state index in [1.807, 2.05) is 0 Å². The van der Waals surface area contributed by atoms with Gasteiger partial charge in [0.1, 0.15) is 11.0 Å². The summed E-state index contributed by atoms with van der Waals surface area (Å²) in [6, 6.07) is 3.90. The maximum Gasteiger partial charge on any atom is 0.243 e. The molecular weight excluding hydrogens is 270 g/mol. The van der Waals surface area contributed by atoms with Crippen molar-refractivity contribution in [3.8, 4) is 6.07 Å². The molecule has 0 aromatic carbocycles. The summed E-state index contributed by atoms with van der Waals surface area (Å²) in [6.45, 7) is -0.0450. The van der Waals surface area contributed by atoms with Gasteiger partial charge in [-0.3, -0.25) is 0 Å². The molecule has 0 aliphatic rings. The van der Waals surface area contributed by atoms with E-state index in [1.165, 1.54) is 25.4 Å². The summed E-state index contributed by atoms with van der Waals surface area (Å²) in [5.74, 6) is 0. The minimum absolute atomic E-state index is 0.127.